The minimum Gasteiger partial charge on any atom is -0.285 e. The topological polar surface area (TPSA) is 60.2 Å². The van der Waals surface area contributed by atoms with Crippen molar-refractivity contribution in [2.24, 2.45) is 0 Å². The molecule has 0 saturated heterocycles. The van der Waals surface area contributed by atoms with E-state index in [1.807, 2.05) is 0 Å². The zero-order valence-electron chi connectivity index (χ0n) is 7.56. The van der Waals surface area contributed by atoms with Crippen molar-refractivity contribution < 1.29 is 9.72 Å². The molecule has 0 saturated carbocycles. The summed E-state index contributed by atoms with van der Waals surface area (Å²) in [5, 5.41) is 10.6. The van der Waals surface area contributed by atoms with Crippen molar-refractivity contribution >= 4 is 18.0 Å². The highest BCUT2D eigenvalue weighted by Crippen LogP contribution is 2.19. The van der Waals surface area contributed by atoms with Gasteiger partial charge in [-0.1, -0.05) is 12.1 Å². The first-order chi connectivity index (χ1) is 6.65. The summed E-state index contributed by atoms with van der Waals surface area (Å²) in [5.74, 6) is 0. The largest absolute Gasteiger partial charge is 0.285 e. The molecule has 1 radical (unpaired) electrons. The second-order valence-electron chi connectivity index (χ2n) is 2.75. The summed E-state index contributed by atoms with van der Waals surface area (Å²) in [6, 6.07) is 6.23. The van der Waals surface area contributed by atoms with Crippen LogP contribution in [0, 0.1) is 10.1 Å². The number of nitrogens with zero attached hydrogens (tertiary/aromatic N) is 1. The Labute approximate surface area is 81.0 Å². The van der Waals surface area contributed by atoms with Gasteiger partial charge in [-0.05, 0) is 19.1 Å². The molecular formula is C10H8NO3. The lowest BCUT2D eigenvalue weighted by molar-refractivity contribution is -0.385. The van der Waals surface area contributed by atoms with Gasteiger partial charge in [-0.2, -0.15) is 0 Å². The van der Waals surface area contributed by atoms with E-state index in [4.69, 9.17) is 0 Å². The van der Waals surface area contributed by atoms with Crippen LogP contribution in [0.1, 0.15) is 12.5 Å². The summed E-state index contributed by atoms with van der Waals surface area (Å²) < 4.78 is 0. The Hall–Kier alpha value is -1.97. The molecule has 0 unspecified atom stereocenters. The predicted octanol–water partition coefficient (Wildman–Crippen LogP) is 2.11. The Morgan fingerprint density at radius 1 is 1.50 bits per heavy atom. The molecule has 71 valence electrons. The van der Waals surface area contributed by atoms with Crippen LogP contribution in [-0.4, -0.2) is 11.2 Å². The first-order valence-electron chi connectivity index (χ1n) is 3.95. The number of para-hydroxylation sites is 1. The van der Waals surface area contributed by atoms with E-state index in [1.54, 1.807) is 31.4 Å². The molecule has 0 N–H and O–H groups in total. The van der Waals surface area contributed by atoms with E-state index >= 15 is 0 Å². The molecule has 1 rings (SSSR count). The molecule has 0 fully saturated rings. The normalized spacial score (nSPS) is 11.1. The molecule has 0 aromatic heterocycles. The third-order valence-electron chi connectivity index (χ3n) is 1.67. The van der Waals surface area contributed by atoms with Gasteiger partial charge in [0.1, 0.15) is 0 Å². The quantitative estimate of drug-likeness (QED) is 0.416. The Morgan fingerprint density at radius 3 is 2.71 bits per heavy atom. The van der Waals surface area contributed by atoms with Crippen LogP contribution in [0.15, 0.2) is 29.8 Å². The fourth-order valence-corrected chi connectivity index (χ4v) is 1.04. The number of carbonyl (C=O) groups excluding carboxylic acids is 1. The maximum absolute atomic E-state index is 10.6. The molecule has 1 aromatic carbocycles. The van der Waals surface area contributed by atoms with Gasteiger partial charge >= 0.3 is 0 Å². The van der Waals surface area contributed by atoms with Crippen LogP contribution >= 0.6 is 0 Å². The van der Waals surface area contributed by atoms with Crippen LogP contribution < -0.4 is 0 Å². The molecule has 0 atom stereocenters. The van der Waals surface area contributed by atoms with Crippen LogP contribution in [-0.2, 0) is 4.79 Å². The maximum Gasteiger partial charge on any atom is 0.276 e. The molecular weight excluding hydrogens is 182 g/mol. The third-order valence-corrected chi connectivity index (χ3v) is 1.67. The van der Waals surface area contributed by atoms with E-state index in [2.05, 4.69) is 0 Å². The lowest BCUT2D eigenvalue weighted by atomic mass is 10.1. The zero-order valence-corrected chi connectivity index (χ0v) is 7.56. The number of benzene rings is 1. The molecule has 0 amide bonds. The minimum absolute atomic E-state index is 0.0119. The van der Waals surface area contributed by atoms with Crippen molar-refractivity contribution in [3.05, 3.63) is 45.5 Å². The van der Waals surface area contributed by atoms with Crippen molar-refractivity contribution in [2.45, 2.75) is 6.92 Å². The predicted molar refractivity (Wildman–Crippen MR) is 52.4 cm³/mol. The van der Waals surface area contributed by atoms with Crippen molar-refractivity contribution in [2.75, 3.05) is 0 Å². The fraction of sp³-hybridized carbons (Fsp3) is 0.100. The molecule has 4 heteroatoms. The molecule has 0 bridgehead atoms. The molecule has 0 heterocycles. The minimum atomic E-state index is -0.482. The van der Waals surface area contributed by atoms with E-state index in [0.29, 0.717) is 11.1 Å². The van der Waals surface area contributed by atoms with Crippen molar-refractivity contribution in [1.29, 1.82) is 0 Å². The molecule has 14 heavy (non-hydrogen) atoms. The van der Waals surface area contributed by atoms with Gasteiger partial charge in [0.05, 0.1) is 10.5 Å². The number of hydrogen-bond acceptors (Lipinski definition) is 3. The Morgan fingerprint density at radius 2 is 2.14 bits per heavy atom. The van der Waals surface area contributed by atoms with Gasteiger partial charge in [0.2, 0.25) is 6.29 Å². The first-order valence-corrected chi connectivity index (χ1v) is 3.95. The molecule has 1 aromatic rings. The number of allylic oxidation sites excluding steroid dienone is 1. The fourth-order valence-electron chi connectivity index (χ4n) is 1.04. The second kappa shape index (κ2) is 4.32. The standard InChI is InChI=1S/C10H8NO3/c1-8(7-12)6-9-4-2-3-5-10(9)11(13)14/h2-6H,1H3/b8-6+. The van der Waals surface area contributed by atoms with E-state index in [1.165, 1.54) is 12.1 Å². The molecule has 0 aliphatic rings. The number of nitro groups is 1. The first kappa shape index (κ1) is 10.1. The van der Waals surface area contributed by atoms with Crippen LogP contribution in [0.4, 0.5) is 5.69 Å². The highest BCUT2D eigenvalue weighted by molar-refractivity contribution is 5.82. The Kier molecular flexibility index (Phi) is 3.12. The summed E-state index contributed by atoms with van der Waals surface area (Å²) >= 11 is 0. The summed E-state index contributed by atoms with van der Waals surface area (Å²) in [7, 11) is 0. The van der Waals surface area contributed by atoms with Crippen molar-refractivity contribution in [1.82, 2.24) is 0 Å². The SMILES string of the molecule is C/C([C]=O)=C\c1ccccc1[N+](=O)[O-]. The van der Waals surface area contributed by atoms with Crippen molar-refractivity contribution in [3.8, 4) is 0 Å². The highest BCUT2D eigenvalue weighted by atomic mass is 16.6. The summed E-state index contributed by atoms with van der Waals surface area (Å²) in [6.45, 7) is 1.55. The maximum atomic E-state index is 10.6. The Bertz CT molecular complexity index is 396. The third kappa shape index (κ3) is 2.26. The smallest absolute Gasteiger partial charge is 0.276 e. The average molecular weight is 190 g/mol. The molecule has 0 aliphatic carbocycles. The van der Waals surface area contributed by atoms with Gasteiger partial charge < -0.3 is 0 Å². The lowest BCUT2D eigenvalue weighted by Crippen LogP contribution is -1.91. The highest BCUT2D eigenvalue weighted by Gasteiger charge is 2.09. The van der Waals surface area contributed by atoms with E-state index in [9.17, 15) is 14.9 Å². The van der Waals surface area contributed by atoms with Gasteiger partial charge in [0.25, 0.3) is 5.69 Å². The summed E-state index contributed by atoms with van der Waals surface area (Å²) in [4.78, 5) is 20.3. The molecule has 0 spiro atoms. The lowest BCUT2D eigenvalue weighted by Gasteiger charge is -1.96. The van der Waals surface area contributed by atoms with Gasteiger partial charge in [0, 0.05) is 11.6 Å². The van der Waals surface area contributed by atoms with Crippen molar-refractivity contribution in [3.63, 3.8) is 0 Å². The Balaban J connectivity index is 3.20. The molecule has 4 nitrogen and oxygen atoms in total. The number of hydrogen-bond donors (Lipinski definition) is 0. The van der Waals surface area contributed by atoms with Crippen LogP contribution in [0.5, 0.6) is 0 Å². The van der Waals surface area contributed by atoms with Gasteiger partial charge in [0.15, 0.2) is 0 Å². The van der Waals surface area contributed by atoms with E-state index < -0.39 is 4.92 Å². The number of rotatable bonds is 3. The summed E-state index contributed by atoms with van der Waals surface area (Å²) in [6.07, 6.45) is 3.10. The summed E-state index contributed by atoms with van der Waals surface area (Å²) in [5.41, 5.74) is 0.736. The second-order valence-corrected chi connectivity index (χ2v) is 2.75. The zero-order chi connectivity index (χ0) is 10.6. The van der Waals surface area contributed by atoms with Gasteiger partial charge in [-0.15, -0.1) is 0 Å². The van der Waals surface area contributed by atoms with Gasteiger partial charge in [-0.25, -0.2) is 0 Å². The van der Waals surface area contributed by atoms with Crippen LogP contribution in [0.2, 0.25) is 0 Å². The number of nitro benzene ring substituents is 1. The van der Waals surface area contributed by atoms with E-state index in [-0.39, 0.29) is 5.69 Å². The average Bonchev–Trinajstić information content (AvgIpc) is 2.18. The van der Waals surface area contributed by atoms with Crippen LogP contribution in [0.3, 0.4) is 0 Å². The monoisotopic (exact) mass is 190 g/mol. The van der Waals surface area contributed by atoms with Crippen LogP contribution in [0.25, 0.3) is 6.08 Å². The van der Waals surface area contributed by atoms with E-state index in [0.717, 1.165) is 0 Å². The van der Waals surface area contributed by atoms with Gasteiger partial charge in [-0.3, -0.25) is 14.9 Å². The molecule has 0 aliphatic heterocycles.